The van der Waals surface area contributed by atoms with Gasteiger partial charge in [-0.25, -0.2) is 0 Å². The SMILES string of the molecule is Cc1ccc(C2(c3cn[nH]n3)C=NN=N2)cc1. The molecular weight excluding hydrogens is 216 g/mol. The van der Waals surface area contributed by atoms with Gasteiger partial charge in [0.15, 0.2) is 5.54 Å². The Morgan fingerprint density at radius 1 is 1.18 bits per heavy atom. The van der Waals surface area contributed by atoms with Crippen LogP contribution >= 0.6 is 0 Å². The minimum absolute atomic E-state index is 0.686. The van der Waals surface area contributed by atoms with Crippen LogP contribution in [0.4, 0.5) is 0 Å². The third kappa shape index (κ3) is 1.45. The molecule has 0 radical (unpaired) electrons. The molecule has 0 saturated heterocycles. The van der Waals surface area contributed by atoms with Crippen molar-refractivity contribution < 1.29 is 0 Å². The van der Waals surface area contributed by atoms with Crippen LogP contribution in [-0.2, 0) is 5.54 Å². The number of rotatable bonds is 2. The predicted octanol–water partition coefficient (Wildman–Crippen LogP) is 1.81. The average Bonchev–Trinajstić information content (AvgIpc) is 3.01. The lowest BCUT2D eigenvalue weighted by molar-refractivity contribution is 0.687. The maximum atomic E-state index is 4.19. The number of aryl methyl sites for hydroxylation is 1. The van der Waals surface area contributed by atoms with E-state index in [1.807, 2.05) is 31.2 Å². The fourth-order valence-electron chi connectivity index (χ4n) is 1.82. The molecule has 2 aromatic rings. The lowest BCUT2D eigenvalue weighted by Gasteiger charge is -2.18. The van der Waals surface area contributed by atoms with Crippen LogP contribution in [0, 0.1) is 6.92 Å². The maximum absolute atomic E-state index is 4.19. The van der Waals surface area contributed by atoms with Crippen LogP contribution in [0.1, 0.15) is 16.8 Å². The van der Waals surface area contributed by atoms with E-state index < -0.39 is 5.54 Å². The summed E-state index contributed by atoms with van der Waals surface area (Å²) >= 11 is 0. The molecule has 1 atom stereocenters. The van der Waals surface area contributed by atoms with Crippen molar-refractivity contribution in [3.05, 3.63) is 47.3 Å². The minimum atomic E-state index is -0.735. The summed E-state index contributed by atoms with van der Waals surface area (Å²) in [5, 5.41) is 22.2. The highest BCUT2D eigenvalue weighted by Gasteiger charge is 2.38. The van der Waals surface area contributed by atoms with Gasteiger partial charge in [-0.3, -0.25) is 0 Å². The van der Waals surface area contributed by atoms with Crippen LogP contribution in [0.2, 0.25) is 0 Å². The van der Waals surface area contributed by atoms with Crippen molar-refractivity contribution in [2.45, 2.75) is 12.5 Å². The molecular formula is C11H10N6. The second-order valence-electron chi connectivity index (χ2n) is 3.92. The van der Waals surface area contributed by atoms with Crippen molar-refractivity contribution in [2.75, 3.05) is 0 Å². The van der Waals surface area contributed by atoms with E-state index in [0.29, 0.717) is 5.69 Å². The van der Waals surface area contributed by atoms with Crippen molar-refractivity contribution in [3.8, 4) is 0 Å². The molecule has 6 nitrogen and oxygen atoms in total. The van der Waals surface area contributed by atoms with E-state index in [4.69, 9.17) is 0 Å². The van der Waals surface area contributed by atoms with Gasteiger partial charge in [0.2, 0.25) is 0 Å². The van der Waals surface area contributed by atoms with Gasteiger partial charge < -0.3 is 0 Å². The molecule has 0 bridgehead atoms. The van der Waals surface area contributed by atoms with E-state index >= 15 is 0 Å². The van der Waals surface area contributed by atoms with E-state index in [1.54, 1.807) is 12.4 Å². The topological polar surface area (TPSA) is 78.6 Å². The van der Waals surface area contributed by atoms with E-state index in [1.165, 1.54) is 5.56 Å². The first-order chi connectivity index (χ1) is 8.31. The molecule has 0 aliphatic carbocycles. The van der Waals surface area contributed by atoms with Crippen molar-refractivity contribution in [1.82, 2.24) is 15.4 Å². The standard InChI is InChI=1S/C11H10N6/c1-8-2-4-9(5-3-8)11(7-13-17-15-11)10-6-12-16-14-10/h2-7H,1H3,(H,12,14,16). The number of hydrogen-bond donors (Lipinski definition) is 1. The molecule has 1 N–H and O–H groups in total. The Hall–Kier alpha value is -2.37. The third-order valence-corrected chi connectivity index (χ3v) is 2.80. The number of hydrogen-bond acceptors (Lipinski definition) is 5. The minimum Gasteiger partial charge on any atom is -0.198 e. The van der Waals surface area contributed by atoms with Gasteiger partial charge in [-0.2, -0.15) is 15.4 Å². The summed E-state index contributed by atoms with van der Waals surface area (Å²) in [7, 11) is 0. The molecule has 17 heavy (non-hydrogen) atoms. The maximum Gasteiger partial charge on any atom is 0.191 e. The number of aromatic nitrogens is 3. The summed E-state index contributed by atoms with van der Waals surface area (Å²) in [6.07, 6.45) is 3.31. The number of nitrogens with zero attached hydrogens (tertiary/aromatic N) is 5. The monoisotopic (exact) mass is 226 g/mol. The fraction of sp³-hybridized carbons (Fsp3) is 0.182. The molecule has 0 saturated carbocycles. The third-order valence-electron chi connectivity index (χ3n) is 2.80. The van der Waals surface area contributed by atoms with Gasteiger partial charge in [0.25, 0.3) is 0 Å². The number of nitrogens with one attached hydrogen (secondary N) is 1. The lowest BCUT2D eigenvalue weighted by atomic mass is 9.89. The Bertz CT molecular complexity index is 555. The van der Waals surface area contributed by atoms with Gasteiger partial charge in [-0.05, 0) is 17.7 Å². The van der Waals surface area contributed by atoms with Crippen LogP contribution in [-0.4, -0.2) is 21.6 Å². The van der Waals surface area contributed by atoms with Gasteiger partial charge in [0, 0.05) is 0 Å². The second-order valence-corrected chi connectivity index (χ2v) is 3.92. The number of benzene rings is 1. The first-order valence-electron chi connectivity index (χ1n) is 5.21. The molecule has 6 heteroatoms. The van der Waals surface area contributed by atoms with Gasteiger partial charge in [-0.1, -0.05) is 29.8 Å². The molecule has 1 unspecified atom stereocenters. The van der Waals surface area contributed by atoms with Crippen molar-refractivity contribution >= 4 is 6.21 Å². The molecule has 0 fully saturated rings. The van der Waals surface area contributed by atoms with Crippen LogP contribution in [0.3, 0.4) is 0 Å². The normalized spacial score (nSPS) is 22.2. The van der Waals surface area contributed by atoms with Crippen LogP contribution in [0.5, 0.6) is 0 Å². The van der Waals surface area contributed by atoms with E-state index in [0.717, 1.165) is 5.56 Å². The summed E-state index contributed by atoms with van der Waals surface area (Å²) in [6.45, 7) is 2.04. The summed E-state index contributed by atoms with van der Waals surface area (Å²) in [4.78, 5) is 0. The van der Waals surface area contributed by atoms with Crippen molar-refractivity contribution in [1.29, 1.82) is 0 Å². The molecule has 1 aromatic heterocycles. The highest BCUT2D eigenvalue weighted by atomic mass is 15.4. The zero-order valence-electron chi connectivity index (χ0n) is 9.20. The molecule has 0 spiro atoms. The quantitative estimate of drug-likeness (QED) is 0.847. The Morgan fingerprint density at radius 2 is 2.00 bits per heavy atom. The molecule has 2 heterocycles. The molecule has 1 aliphatic rings. The summed E-state index contributed by atoms with van der Waals surface area (Å²) in [5.41, 5.74) is 2.12. The first-order valence-corrected chi connectivity index (χ1v) is 5.21. The second kappa shape index (κ2) is 3.58. The predicted molar refractivity (Wildman–Crippen MR) is 61.7 cm³/mol. The fourth-order valence-corrected chi connectivity index (χ4v) is 1.82. The van der Waals surface area contributed by atoms with Gasteiger partial charge >= 0.3 is 0 Å². The highest BCUT2D eigenvalue weighted by molar-refractivity contribution is 5.78. The lowest BCUT2D eigenvalue weighted by Crippen LogP contribution is -2.25. The zero-order chi connectivity index (χ0) is 11.7. The Kier molecular flexibility index (Phi) is 2.07. The Balaban J connectivity index is 2.16. The van der Waals surface area contributed by atoms with Gasteiger partial charge in [0.05, 0.1) is 12.4 Å². The average molecular weight is 226 g/mol. The van der Waals surface area contributed by atoms with Gasteiger partial charge in [-0.15, -0.1) is 10.2 Å². The van der Waals surface area contributed by atoms with Gasteiger partial charge in [0.1, 0.15) is 5.69 Å². The molecule has 1 aliphatic heterocycles. The van der Waals surface area contributed by atoms with E-state index in [2.05, 4.69) is 30.8 Å². The smallest absolute Gasteiger partial charge is 0.191 e. The summed E-state index contributed by atoms with van der Waals surface area (Å²) in [5.74, 6) is 0. The summed E-state index contributed by atoms with van der Waals surface area (Å²) in [6, 6.07) is 8.05. The van der Waals surface area contributed by atoms with Crippen LogP contribution < -0.4 is 0 Å². The summed E-state index contributed by atoms with van der Waals surface area (Å²) < 4.78 is 0. The van der Waals surface area contributed by atoms with E-state index in [-0.39, 0.29) is 0 Å². The Labute approximate surface area is 97.5 Å². The number of aromatic amines is 1. The van der Waals surface area contributed by atoms with E-state index in [9.17, 15) is 0 Å². The highest BCUT2D eigenvalue weighted by Crippen LogP contribution is 2.33. The van der Waals surface area contributed by atoms with Crippen LogP contribution in [0.15, 0.2) is 45.9 Å². The molecule has 3 rings (SSSR count). The van der Waals surface area contributed by atoms with Crippen LogP contribution in [0.25, 0.3) is 0 Å². The molecule has 0 amide bonds. The largest absolute Gasteiger partial charge is 0.198 e. The number of H-pyrrole nitrogens is 1. The molecule has 1 aromatic carbocycles. The Morgan fingerprint density at radius 3 is 2.59 bits per heavy atom. The first kappa shape index (κ1) is 9.83. The molecule has 84 valence electrons. The zero-order valence-corrected chi connectivity index (χ0v) is 9.20. The van der Waals surface area contributed by atoms with Crippen molar-refractivity contribution in [3.63, 3.8) is 0 Å². The van der Waals surface area contributed by atoms with Crippen molar-refractivity contribution in [2.24, 2.45) is 15.4 Å².